The van der Waals surface area contributed by atoms with Crippen molar-refractivity contribution in [2.24, 2.45) is 0 Å². The fraction of sp³-hybridized carbons (Fsp3) is 0.333. The van der Waals surface area contributed by atoms with Gasteiger partial charge in [-0.25, -0.2) is 0 Å². The van der Waals surface area contributed by atoms with E-state index in [1.807, 2.05) is 12.1 Å². The molecule has 22 heavy (non-hydrogen) atoms. The van der Waals surface area contributed by atoms with Gasteiger partial charge in [-0.3, -0.25) is 0 Å². The second-order valence-electron chi connectivity index (χ2n) is 5.76. The summed E-state index contributed by atoms with van der Waals surface area (Å²) in [5, 5.41) is 30.8. The van der Waals surface area contributed by atoms with Crippen molar-refractivity contribution in [1.82, 2.24) is 0 Å². The molecule has 5 N–H and O–H groups in total. The number of aromatic hydroxyl groups is 2. The first-order valence-corrected chi connectivity index (χ1v) is 7.63. The molecule has 0 fully saturated rings. The van der Waals surface area contributed by atoms with Crippen LogP contribution in [0.4, 0.5) is 0 Å². The molecule has 2 aromatic rings. The van der Waals surface area contributed by atoms with E-state index in [0.717, 1.165) is 18.4 Å². The van der Waals surface area contributed by atoms with Crippen LogP contribution in [0.5, 0.6) is 11.5 Å². The minimum Gasteiger partial charge on any atom is -0.508 e. The maximum atomic E-state index is 10.1. The van der Waals surface area contributed by atoms with Gasteiger partial charge < -0.3 is 20.6 Å². The van der Waals surface area contributed by atoms with Crippen LogP contribution in [0.3, 0.4) is 0 Å². The Hall–Kier alpha value is -2.04. The molecule has 0 heterocycles. The molecule has 4 nitrogen and oxygen atoms in total. The highest BCUT2D eigenvalue weighted by atomic mass is 16.3. The Labute approximate surface area is 131 Å². The topological polar surface area (TPSA) is 77.3 Å². The molecule has 4 heteroatoms. The van der Waals surface area contributed by atoms with Crippen LogP contribution in [0.25, 0.3) is 0 Å². The number of hydrogen-bond donors (Lipinski definition) is 4. The number of rotatable bonds is 7. The first kappa shape index (κ1) is 16.3. The van der Waals surface area contributed by atoms with Gasteiger partial charge >= 0.3 is 0 Å². The molecule has 0 aliphatic rings. The Morgan fingerprint density at radius 1 is 0.909 bits per heavy atom. The van der Waals surface area contributed by atoms with Gasteiger partial charge in [0.1, 0.15) is 24.1 Å². The average molecular weight is 302 g/mol. The predicted octanol–water partition coefficient (Wildman–Crippen LogP) is 1.72. The van der Waals surface area contributed by atoms with Crippen molar-refractivity contribution in [3.63, 3.8) is 0 Å². The Morgan fingerprint density at radius 2 is 1.45 bits per heavy atom. The molecule has 2 rings (SSSR count). The fourth-order valence-electron chi connectivity index (χ4n) is 2.37. The third kappa shape index (κ3) is 5.06. The molecule has 2 atom stereocenters. The second kappa shape index (κ2) is 7.82. The molecule has 0 unspecified atom stereocenters. The minimum atomic E-state index is -0.531. The van der Waals surface area contributed by atoms with Crippen LogP contribution < -0.4 is 5.32 Å². The number of nitrogens with two attached hydrogens (primary N) is 1. The number of quaternary nitrogens is 1. The summed E-state index contributed by atoms with van der Waals surface area (Å²) < 4.78 is 0. The Balaban J connectivity index is 1.73. The molecule has 118 valence electrons. The summed E-state index contributed by atoms with van der Waals surface area (Å²) >= 11 is 0. The highest BCUT2D eigenvalue weighted by Crippen LogP contribution is 2.15. The monoisotopic (exact) mass is 302 g/mol. The van der Waals surface area contributed by atoms with Crippen molar-refractivity contribution in [3.8, 4) is 11.5 Å². The lowest BCUT2D eigenvalue weighted by Crippen LogP contribution is -2.90. The quantitative estimate of drug-likeness (QED) is 0.629. The molecular formula is C18H24NO3+. The van der Waals surface area contributed by atoms with Crippen molar-refractivity contribution < 1.29 is 20.6 Å². The third-order valence-electron chi connectivity index (χ3n) is 3.86. The third-order valence-corrected chi connectivity index (χ3v) is 3.86. The van der Waals surface area contributed by atoms with Gasteiger partial charge in [-0.2, -0.15) is 0 Å². The fourth-order valence-corrected chi connectivity index (χ4v) is 2.37. The summed E-state index contributed by atoms with van der Waals surface area (Å²) in [4.78, 5) is 0. The van der Waals surface area contributed by atoms with Gasteiger partial charge in [0.2, 0.25) is 0 Å². The van der Waals surface area contributed by atoms with Gasteiger partial charge in [-0.15, -0.1) is 0 Å². The van der Waals surface area contributed by atoms with E-state index in [-0.39, 0.29) is 5.75 Å². The molecule has 0 amide bonds. The van der Waals surface area contributed by atoms with Crippen molar-refractivity contribution >= 4 is 0 Å². The van der Waals surface area contributed by atoms with E-state index in [0.29, 0.717) is 18.3 Å². The number of aliphatic hydroxyl groups is 1. The van der Waals surface area contributed by atoms with E-state index in [9.17, 15) is 15.3 Å². The molecule has 0 aromatic heterocycles. The SMILES string of the molecule is C[C@@H](CCc1ccc(O)cc1)[NH2+]C[C@@H](O)c1ccc(O)cc1. The van der Waals surface area contributed by atoms with E-state index in [4.69, 9.17) is 0 Å². The second-order valence-corrected chi connectivity index (χ2v) is 5.76. The molecule has 0 spiro atoms. The zero-order chi connectivity index (χ0) is 15.9. The number of aliphatic hydroxyl groups excluding tert-OH is 1. The lowest BCUT2D eigenvalue weighted by atomic mass is 10.1. The number of hydrogen-bond acceptors (Lipinski definition) is 3. The lowest BCUT2D eigenvalue weighted by Gasteiger charge is -2.14. The van der Waals surface area contributed by atoms with Crippen molar-refractivity contribution in [3.05, 3.63) is 59.7 Å². The van der Waals surface area contributed by atoms with Crippen LogP contribution in [0.2, 0.25) is 0 Å². The number of aryl methyl sites for hydroxylation is 1. The number of benzene rings is 2. The van der Waals surface area contributed by atoms with E-state index in [1.165, 1.54) is 5.56 Å². The van der Waals surface area contributed by atoms with Crippen molar-refractivity contribution in [1.29, 1.82) is 0 Å². The molecule has 0 radical (unpaired) electrons. The summed E-state index contributed by atoms with van der Waals surface area (Å²) in [6.45, 7) is 2.74. The van der Waals surface area contributed by atoms with Crippen molar-refractivity contribution in [2.75, 3.05) is 6.54 Å². The van der Waals surface area contributed by atoms with Gasteiger partial charge in [-0.05, 0) is 48.7 Å². The molecule has 2 aromatic carbocycles. The maximum Gasteiger partial charge on any atom is 0.128 e. The van der Waals surface area contributed by atoms with Crippen LogP contribution in [0, 0.1) is 0 Å². The largest absolute Gasteiger partial charge is 0.508 e. The Bertz CT molecular complexity index is 566. The molecule has 0 aliphatic heterocycles. The van der Waals surface area contributed by atoms with Crippen LogP contribution in [0.15, 0.2) is 48.5 Å². The van der Waals surface area contributed by atoms with Gasteiger partial charge in [-0.1, -0.05) is 24.3 Å². The van der Waals surface area contributed by atoms with E-state index >= 15 is 0 Å². The van der Waals surface area contributed by atoms with Gasteiger partial charge in [0.05, 0.1) is 6.04 Å². The molecule has 0 bridgehead atoms. The minimum absolute atomic E-state index is 0.210. The Morgan fingerprint density at radius 3 is 2.05 bits per heavy atom. The summed E-state index contributed by atoms with van der Waals surface area (Å²) in [6, 6.07) is 14.4. The summed E-state index contributed by atoms with van der Waals surface area (Å²) in [6.07, 6.45) is 1.43. The smallest absolute Gasteiger partial charge is 0.128 e. The summed E-state index contributed by atoms with van der Waals surface area (Å²) in [5.74, 6) is 0.502. The molecule has 0 aliphatic carbocycles. The lowest BCUT2D eigenvalue weighted by molar-refractivity contribution is -0.693. The van der Waals surface area contributed by atoms with Gasteiger partial charge in [0.25, 0.3) is 0 Å². The van der Waals surface area contributed by atoms with E-state index in [1.54, 1.807) is 36.4 Å². The molecule has 0 saturated carbocycles. The first-order chi connectivity index (χ1) is 10.5. The first-order valence-electron chi connectivity index (χ1n) is 7.63. The normalized spacial score (nSPS) is 13.7. The molecule has 0 saturated heterocycles. The zero-order valence-electron chi connectivity index (χ0n) is 12.8. The van der Waals surface area contributed by atoms with Crippen LogP contribution in [0.1, 0.15) is 30.6 Å². The summed E-state index contributed by atoms with van der Waals surface area (Å²) in [5.41, 5.74) is 2.02. The van der Waals surface area contributed by atoms with Gasteiger partial charge in [0, 0.05) is 6.42 Å². The standard InChI is InChI=1S/C18H23NO3/c1-13(2-3-14-4-8-16(20)9-5-14)19-12-18(22)15-6-10-17(21)11-7-15/h4-11,13,18-22H,2-3,12H2,1H3/p+1/t13-,18+/m0/s1. The maximum absolute atomic E-state index is 10.1. The van der Waals surface area contributed by atoms with Crippen LogP contribution in [-0.2, 0) is 6.42 Å². The van der Waals surface area contributed by atoms with E-state index < -0.39 is 6.10 Å². The van der Waals surface area contributed by atoms with Crippen LogP contribution in [-0.4, -0.2) is 27.9 Å². The van der Waals surface area contributed by atoms with Crippen LogP contribution >= 0.6 is 0 Å². The number of phenolic OH excluding ortho intramolecular Hbond substituents is 2. The average Bonchev–Trinajstić information content (AvgIpc) is 2.52. The summed E-state index contributed by atoms with van der Waals surface area (Å²) in [7, 11) is 0. The van der Waals surface area contributed by atoms with Crippen molar-refractivity contribution in [2.45, 2.75) is 31.9 Å². The predicted molar refractivity (Wildman–Crippen MR) is 85.7 cm³/mol. The highest BCUT2D eigenvalue weighted by Gasteiger charge is 2.12. The molecular weight excluding hydrogens is 278 g/mol. The highest BCUT2D eigenvalue weighted by molar-refractivity contribution is 5.27. The zero-order valence-corrected chi connectivity index (χ0v) is 12.8. The Kier molecular flexibility index (Phi) is 5.81. The number of phenols is 2. The van der Waals surface area contributed by atoms with E-state index in [2.05, 4.69) is 12.2 Å². The van der Waals surface area contributed by atoms with Gasteiger partial charge in [0.15, 0.2) is 0 Å².